The highest BCUT2D eigenvalue weighted by atomic mass is 16.3. The summed E-state index contributed by atoms with van der Waals surface area (Å²) < 4.78 is 2.48. The molecule has 50 heavy (non-hydrogen) atoms. The van der Waals surface area contributed by atoms with E-state index in [1.165, 1.54) is 61.3 Å². The standard InChI is InChI=1S/C36H72N10O4/c1-5-41(6-2)35(49)43-13-9-37(10-14-43)29-33(47)31-39-17-21-45(22-18-39)25-27-46(28-26-45)23-19-40(20-24-46)32-34(48)30-38-11-15-44(16-12-38)36(50)42(7-3)8-4/h33-34,47-48H,5-32H2,1-4H3/q+2/t33-,34+. The number of urea groups is 2. The van der Waals surface area contributed by atoms with Crippen molar-refractivity contribution in [1.29, 1.82) is 0 Å². The van der Waals surface area contributed by atoms with Gasteiger partial charge in [0.1, 0.15) is 26.2 Å². The Balaban J connectivity index is 0.939. The molecule has 5 rings (SSSR count). The zero-order valence-electron chi connectivity index (χ0n) is 32.1. The van der Waals surface area contributed by atoms with Gasteiger partial charge in [0, 0.05) is 131 Å². The van der Waals surface area contributed by atoms with E-state index >= 15 is 0 Å². The van der Waals surface area contributed by atoms with Gasteiger partial charge in [0.2, 0.25) is 0 Å². The monoisotopic (exact) mass is 709 g/mol. The van der Waals surface area contributed by atoms with Crippen molar-refractivity contribution in [3.05, 3.63) is 0 Å². The Bertz CT molecular complexity index is 951. The number of aliphatic hydroxyl groups excluding tert-OH is 2. The molecule has 5 aliphatic rings. The van der Waals surface area contributed by atoms with E-state index in [2.05, 4.69) is 19.6 Å². The maximum atomic E-state index is 12.7. The zero-order chi connectivity index (χ0) is 35.7. The molecule has 0 unspecified atom stereocenters. The number of β-amino-alcohol motifs (C(OH)–C–C–N with tert-alkyl or cyclic N) is 2. The van der Waals surface area contributed by atoms with Crippen LogP contribution in [0.5, 0.6) is 0 Å². The largest absolute Gasteiger partial charge is 0.390 e. The fraction of sp³-hybridized carbons (Fsp3) is 0.944. The average molecular weight is 709 g/mol. The van der Waals surface area contributed by atoms with Gasteiger partial charge in [0.15, 0.2) is 0 Å². The molecule has 5 heterocycles. The van der Waals surface area contributed by atoms with Crippen LogP contribution >= 0.6 is 0 Å². The number of nitrogens with zero attached hydrogens (tertiary/aromatic N) is 10. The van der Waals surface area contributed by atoms with Crippen molar-refractivity contribution in [3.8, 4) is 0 Å². The van der Waals surface area contributed by atoms with Crippen molar-refractivity contribution in [1.82, 2.24) is 39.2 Å². The number of hydrogen-bond acceptors (Lipinski definition) is 8. The molecular weight excluding hydrogens is 636 g/mol. The molecule has 288 valence electrons. The lowest BCUT2D eigenvalue weighted by Crippen LogP contribution is -2.73. The van der Waals surface area contributed by atoms with Gasteiger partial charge in [0.05, 0.1) is 38.4 Å². The first-order valence-electron chi connectivity index (χ1n) is 20.1. The number of carbonyl (C=O) groups excluding carboxylic acids is 2. The van der Waals surface area contributed by atoms with E-state index in [1.54, 1.807) is 0 Å². The van der Waals surface area contributed by atoms with Crippen LogP contribution in [0.15, 0.2) is 0 Å². The molecule has 5 fully saturated rings. The van der Waals surface area contributed by atoms with Crippen molar-refractivity contribution in [2.45, 2.75) is 39.9 Å². The predicted octanol–water partition coefficient (Wildman–Crippen LogP) is -0.855. The molecule has 4 amide bonds. The van der Waals surface area contributed by atoms with E-state index in [4.69, 9.17) is 0 Å². The lowest BCUT2D eigenvalue weighted by Gasteiger charge is -2.54. The predicted molar refractivity (Wildman–Crippen MR) is 197 cm³/mol. The van der Waals surface area contributed by atoms with Gasteiger partial charge in [-0.1, -0.05) is 0 Å². The minimum absolute atomic E-state index is 0.146. The number of rotatable bonds is 12. The van der Waals surface area contributed by atoms with Crippen LogP contribution in [0.4, 0.5) is 9.59 Å². The molecule has 5 aliphatic heterocycles. The number of aliphatic hydroxyl groups is 2. The summed E-state index contributed by atoms with van der Waals surface area (Å²) in [6, 6.07) is 0.291. The molecule has 0 saturated carbocycles. The van der Waals surface area contributed by atoms with Crippen molar-refractivity contribution in [3.63, 3.8) is 0 Å². The van der Waals surface area contributed by atoms with Crippen LogP contribution in [0.25, 0.3) is 0 Å². The molecule has 2 N–H and O–H groups in total. The first kappa shape index (κ1) is 39.4. The summed E-state index contributed by atoms with van der Waals surface area (Å²) in [7, 11) is 0. The van der Waals surface area contributed by atoms with Gasteiger partial charge in [-0.25, -0.2) is 9.59 Å². The molecule has 0 aromatic heterocycles. The van der Waals surface area contributed by atoms with Crippen molar-refractivity contribution < 1.29 is 28.8 Å². The third kappa shape index (κ3) is 10.2. The van der Waals surface area contributed by atoms with Crippen LogP contribution in [0, 0.1) is 0 Å². The molecule has 2 spiro atoms. The van der Waals surface area contributed by atoms with Gasteiger partial charge < -0.3 is 38.8 Å². The number of piperazine rings is 5. The minimum Gasteiger partial charge on any atom is -0.390 e. The zero-order valence-corrected chi connectivity index (χ0v) is 32.1. The van der Waals surface area contributed by atoms with Gasteiger partial charge in [0.25, 0.3) is 0 Å². The summed E-state index contributed by atoms with van der Waals surface area (Å²) >= 11 is 0. The number of carbonyl (C=O) groups is 2. The van der Waals surface area contributed by atoms with Crippen molar-refractivity contribution in [2.75, 3.05) is 183 Å². The van der Waals surface area contributed by atoms with Crippen LogP contribution < -0.4 is 0 Å². The Kier molecular flexibility index (Phi) is 14.4. The molecule has 0 aliphatic carbocycles. The molecule has 2 atom stereocenters. The van der Waals surface area contributed by atoms with E-state index in [9.17, 15) is 19.8 Å². The van der Waals surface area contributed by atoms with Crippen molar-refractivity contribution >= 4 is 12.1 Å². The lowest BCUT2D eigenvalue weighted by atomic mass is 10.1. The average Bonchev–Trinajstić information content (AvgIpc) is 3.13. The summed E-state index contributed by atoms with van der Waals surface area (Å²) in [4.78, 5) is 42.6. The molecule has 14 heteroatoms. The Morgan fingerprint density at radius 2 is 0.720 bits per heavy atom. The van der Waals surface area contributed by atoms with Gasteiger partial charge >= 0.3 is 12.1 Å². The Labute approximate surface area is 302 Å². The van der Waals surface area contributed by atoms with E-state index in [0.29, 0.717) is 13.1 Å². The van der Waals surface area contributed by atoms with E-state index in [0.717, 1.165) is 118 Å². The van der Waals surface area contributed by atoms with Crippen LogP contribution in [0.2, 0.25) is 0 Å². The first-order chi connectivity index (χ1) is 24.1. The molecular formula is C36H72N10O4+2. The van der Waals surface area contributed by atoms with Crippen LogP contribution in [-0.4, -0.2) is 266 Å². The first-order valence-corrected chi connectivity index (χ1v) is 20.1. The molecule has 0 radical (unpaired) electrons. The summed E-state index contributed by atoms with van der Waals surface area (Å²) in [5.74, 6) is 0. The Hall–Kier alpha value is -1.78. The Morgan fingerprint density at radius 1 is 0.460 bits per heavy atom. The van der Waals surface area contributed by atoms with Gasteiger partial charge in [-0.2, -0.15) is 0 Å². The lowest BCUT2D eigenvalue weighted by molar-refractivity contribution is -1.03. The van der Waals surface area contributed by atoms with E-state index < -0.39 is 0 Å². The van der Waals surface area contributed by atoms with Crippen molar-refractivity contribution in [2.24, 2.45) is 0 Å². The Morgan fingerprint density at radius 3 is 0.980 bits per heavy atom. The highest BCUT2D eigenvalue weighted by Crippen LogP contribution is 2.24. The number of hydrogen-bond donors (Lipinski definition) is 2. The third-order valence-electron chi connectivity index (χ3n) is 12.9. The number of quaternary nitrogens is 2. The fourth-order valence-corrected chi connectivity index (χ4v) is 9.13. The second-order valence-electron chi connectivity index (χ2n) is 15.9. The second-order valence-corrected chi connectivity index (χ2v) is 15.9. The third-order valence-corrected chi connectivity index (χ3v) is 12.9. The van der Waals surface area contributed by atoms with E-state index in [1.807, 2.05) is 47.3 Å². The highest BCUT2D eigenvalue weighted by Gasteiger charge is 2.45. The van der Waals surface area contributed by atoms with Crippen LogP contribution in [0.3, 0.4) is 0 Å². The summed E-state index contributed by atoms with van der Waals surface area (Å²) in [6.45, 7) is 34.4. The van der Waals surface area contributed by atoms with Crippen LogP contribution in [0.1, 0.15) is 27.7 Å². The van der Waals surface area contributed by atoms with Crippen LogP contribution in [-0.2, 0) is 0 Å². The summed E-state index contributed by atoms with van der Waals surface area (Å²) in [6.07, 6.45) is -0.704. The quantitative estimate of drug-likeness (QED) is 0.253. The molecule has 0 bridgehead atoms. The highest BCUT2D eigenvalue weighted by molar-refractivity contribution is 5.75. The molecule has 0 aromatic carbocycles. The molecule has 14 nitrogen and oxygen atoms in total. The minimum atomic E-state index is -0.352. The molecule has 5 saturated heterocycles. The second kappa shape index (κ2) is 18.3. The summed E-state index contributed by atoms with van der Waals surface area (Å²) in [5.41, 5.74) is 0. The number of amides is 4. The van der Waals surface area contributed by atoms with Gasteiger partial charge in [-0.3, -0.25) is 19.6 Å². The smallest absolute Gasteiger partial charge is 0.320 e. The van der Waals surface area contributed by atoms with Gasteiger partial charge in [-0.05, 0) is 27.7 Å². The SMILES string of the molecule is CCN(CC)C(=O)N1CCN(C[C@@H](O)CN2CC[N+]3(CC2)CC[N+]2(CCN(C[C@@H](O)CN4CCN(C(=O)N(CC)CC)CC4)CC2)CC3)CC1. The van der Waals surface area contributed by atoms with E-state index in [-0.39, 0.29) is 24.3 Å². The van der Waals surface area contributed by atoms with Gasteiger partial charge in [-0.15, -0.1) is 0 Å². The maximum Gasteiger partial charge on any atom is 0.320 e. The maximum absolute atomic E-state index is 12.7. The topological polar surface area (TPSA) is 101 Å². The summed E-state index contributed by atoms with van der Waals surface area (Å²) in [5, 5.41) is 21.9. The fourth-order valence-electron chi connectivity index (χ4n) is 9.13. The normalized spacial score (nSPS) is 25.2. The molecule has 0 aromatic rings.